The van der Waals surface area contributed by atoms with Gasteiger partial charge in [0.05, 0.1) is 6.26 Å². The third-order valence-corrected chi connectivity index (χ3v) is 2.65. The van der Waals surface area contributed by atoms with E-state index in [9.17, 15) is 13.2 Å². The zero-order valence-electron chi connectivity index (χ0n) is 11.5. The van der Waals surface area contributed by atoms with Crippen molar-refractivity contribution in [2.24, 2.45) is 0 Å². The maximum Gasteiger partial charge on any atom is 0.265 e. The number of hydrogen-bond acceptors (Lipinski definition) is 4. The standard InChI is InChI=1S/C13H19NO4S/c1-13(2,3)14-12(15)11(18-19(4,16)17)10-8-6-5-7-9-10/h5-9,11H,1-4H3,(H,14,15). The van der Waals surface area contributed by atoms with Crippen LogP contribution < -0.4 is 5.32 Å². The fourth-order valence-electron chi connectivity index (χ4n) is 1.49. The van der Waals surface area contributed by atoms with Gasteiger partial charge in [-0.15, -0.1) is 0 Å². The van der Waals surface area contributed by atoms with Crippen LogP contribution in [-0.2, 0) is 19.1 Å². The Labute approximate surface area is 114 Å². The van der Waals surface area contributed by atoms with Crippen LogP contribution in [0.1, 0.15) is 32.4 Å². The van der Waals surface area contributed by atoms with Gasteiger partial charge in [-0.05, 0) is 26.3 Å². The van der Waals surface area contributed by atoms with Gasteiger partial charge in [-0.25, -0.2) is 0 Å². The molecule has 0 saturated carbocycles. The summed E-state index contributed by atoms with van der Waals surface area (Å²) < 4.78 is 27.5. The highest BCUT2D eigenvalue weighted by Crippen LogP contribution is 2.20. The fourth-order valence-corrected chi connectivity index (χ4v) is 2.04. The summed E-state index contributed by atoms with van der Waals surface area (Å²) in [5.74, 6) is -0.482. The zero-order chi connectivity index (χ0) is 14.7. The molecule has 19 heavy (non-hydrogen) atoms. The van der Waals surface area contributed by atoms with Crippen molar-refractivity contribution < 1.29 is 17.4 Å². The molecule has 106 valence electrons. The van der Waals surface area contributed by atoms with Gasteiger partial charge in [-0.1, -0.05) is 30.3 Å². The molecular formula is C13H19NO4S. The van der Waals surface area contributed by atoms with E-state index < -0.39 is 27.7 Å². The molecule has 1 N–H and O–H groups in total. The normalized spacial score (nSPS) is 13.9. The molecule has 0 aromatic heterocycles. The highest BCUT2D eigenvalue weighted by atomic mass is 32.2. The van der Waals surface area contributed by atoms with Gasteiger partial charge >= 0.3 is 0 Å². The maximum atomic E-state index is 12.1. The molecule has 1 amide bonds. The van der Waals surface area contributed by atoms with Crippen molar-refractivity contribution in [3.63, 3.8) is 0 Å². The molecule has 5 nitrogen and oxygen atoms in total. The number of benzene rings is 1. The monoisotopic (exact) mass is 285 g/mol. The van der Waals surface area contributed by atoms with E-state index in [2.05, 4.69) is 5.32 Å². The number of nitrogens with one attached hydrogen (secondary N) is 1. The van der Waals surface area contributed by atoms with Gasteiger partial charge in [0.25, 0.3) is 16.0 Å². The summed E-state index contributed by atoms with van der Waals surface area (Å²) in [7, 11) is -3.73. The van der Waals surface area contributed by atoms with Gasteiger partial charge in [-0.3, -0.25) is 8.98 Å². The van der Waals surface area contributed by atoms with Crippen LogP contribution in [0.15, 0.2) is 30.3 Å². The van der Waals surface area contributed by atoms with Crippen molar-refractivity contribution in [2.45, 2.75) is 32.4 Å². The first-order valence-electron chi connectivity index (χ1n) is 5.84. The lowest BCUT2D eigenvalue weighted by molar-refractivity contribution is -0.129. The summed E-state index contributed by atoms with van der Waals surface area (Å²) in [6.45, 7) is 5.44. The third-order valence-electron chi connectivity index (χ3n) is 2.11. The Morgan fingerprint density at radius 1 is 1.21 bits per heavy atom. The molecule has 1 rings (SSSR count). The second kappa shape index (κ2) is 5.71. The first-order chi connectivity index (χ1) is 8.58. The van der Waals surface area contributed by atoms with Crippen molar-refractivity contribution in [3.05, 3.63) is 35.9 Å². The first kappa shape index (κ1) is 15.7. The average Bonchev–Trinajstić information content (AvgIpc) is 2.23. The Kier molecular flexibility index (Phi) is 4.70. The van der Waals surface area contributed by atoms with Crippen LogP contribution in [0.5, 0.6) is 0 Å². The van der Waals surface area contributed by atoms with Crippen molar-refractivity contribution in [1.29, 1.82) is 0 Å². The predicted molar refractivity (Wildman–Crippen MR) is 73.0 cm³/mol. The molecular weight excluding hydrogens is 266 g/mol. The van der Waals surface area contributed by atoms with Crippen LogP contribution in [0.4, 0.5) is 0 Å². The topological polar surface area (TPSA) is 72.5 Å². The van der Waals surface area contributed by atoms with Gasteiger partial charge in [-0.2, -0.15) is 8.42 Å². The quantitative estimate of drug-likeness (QED) is 0.853. The molecule has 6 heteroatoms. The SMILES string of the molecule is CC(C)(C)NC(=O)C(OS(C)(=O)=O)c1ccccc1. The van der Waals surface area contributed by atoms with Crippen LogP contribution in [-0.4, -0.2) is 26.1 Å². The lowest BCUT2D eigenvalue weighted by Crippen LogP contribution is -2.44. The molecule has 0 aliphatic rings. The highest BCUT2D eigenvalue weighted by Gasteiger charge is 2.28. The molecule has 0 aliphatic carbocycles. The Bertz CT molecular complexity index is 532. The number of rotatable bonds is 4. The first-order valence-corrected chi connectivity index (χ1v) is 7.65. The molecule has 0 aliphatic heterocycles. The van der Waals surface area contributed by atoms with E-state index in [-0.39, 0.29) is 0 Å². The number of carbonyl (C=O) groups excluding carboxylic acids is 1. The molecule has 0 bridgehead atoms. The van der Waals surface area contributed by atoms with Gasteiger partial charge < -0.3 is 5.32 Å². The molecule has 0 saturated heterocycles. The van der Waals surface area contributed by atoms with E-state index in [1.165, 1.54) is 0 Å². The lowest BCUT2D eigenvalue weighted by atomic mass is 10.1. The summed E-state index contributed by atoms with van der Waals surface area (Å²) in [5, 5.41) is 2.71. The van der Waals surface area contributed by atoms with E-state index in [4.69, 9.17) is 4.18 Å². The van der Waals surface area contributed by atoms with E-state index in [1.807, 2.05) is 20.8 Å². The minimum absolute atomic E-state index is 0.467. The molecule has 0 spiro atoms. The molecule has 0 heterocycles. The van der Waals surface area contributed by atoms with E-state index in [0.717, 1.165) is 6.26 Å². The zero-order valence-corrected chi connectivity index (χ0v) is 12.3. The minimum Gasteiger partial charge on any atom is -0.349 e. The summed E-state index contributed by atoms with van der Waals surface area (Å²) >= 11 is 0. The van der Waals surface area contributed by atoms with Crippen LogP contribution in [0.2, 0.25) is 0 Å². The predicted octanol–water partition coefficient (Wildman–Crippen LogP) is 1.62. The van der Waals surface area contributed by atoms with Gasteiger partial charge in [0.2, 0.25) is 0 Å². The number of amides is 1. The minimum atomic E-state index is -3.73. The smallest absolute Gasteiger partial charge is 0.265 e. The van der Waals surface area contributed by atoms with Crippen LogP contribution in [0.3, 0.4) is 0 Å². The Balaban J connectivity index is 3.03. The van der Waals surface area contributed by atoms with E-state index in [1.54, 1.807) is 30.3 Å². The van der Waals surface area contributed by atoms with Crippen LogP contribution in [0.25, 0.3) is 0 Å². The molecule has 0 radical (unpaired) electrons. The summed E-state index contributed by atoms with van der Waals surface area (Å²) in [6.07, 6.45) is -0.247. The largest absolute Gasteiger partial charge is 0.349 e. The van der Waals surface area contributed by atoms with Crippen LogP contribution in [0, 0.1) is 0 Å². The Hall–Kier alpha value is -1.40. The number of hydrogen-bond donors (Lipinski definition) is 1. The Morgan fingerprint density at radius 2 is 1.74 bits per heavy atom. The molecule has 1 unspecified atom stereocenters. The van der Waals surface area contributed by atoms with E-state index >= 15 is 0 Å². The van der Waals surface area contributed by atoms with Crippen molar-refractivity contribution >= 4 is 16.0 Å². The molecule has 1 atom stereocenters. The molecule has 1 aromatic carbocycles. The number of carbonyl (C=O) groups is 1. The molecule has 0 fully saturated rings. The third kappa shape index (κ3) is 5.85. The highest BCUT2D eigenvalue weighted by molar-refractivity contribution is 7.86. The summed E-state index contributed by atoms with van der Waals surface area (Å²) in [4.78, 5) is 12.1. The van der Waals surface area contributed by atoms with Gasteiger partial charge in [0.15, 0.2) is 6.10 Å². The van der Waals surface area contributed by atoms with Crippen molar-refractivity contribution in [1.82, 2.24) is 5.32 Å². The second-order valence-corrected chi connectivity index (χ2v) is 6.93. The molecule has 1 aromatic rings. The summed E-state index contributed by atoms with van der Waals surface area (Å²) in [5.41, 5.74) is 0.0278. The van der Waals surface area contributed by atoms with Gasteiger partial charge in [0.1, 0.15) is 0 Å². The summed E-state index contributed by atoms with van der Waals surface area (Å²) in [6, 6.07) is 8.52. The maximum absolute atomic E-state index is 12.1. The van der Waals surface area contributed by atoms with Crippen molar-refractivity contribution in [2.75, 3.05) is 6.26 Å². The average molecular weight is 285 g/mol. The van der Waals surface area contributed by atoms with E-state index in [0.29, 0.717) is 5.56 Å². The Morgan fingerprint density at radius 3 is 2.16 bits per heavy atom. The van der Waals surface area contributed by atoms with Gasteiger partial charge in [0, 0.05) is 5.54 Å². The second-order valence-electron chi connectivity index (χ2n) is 5.33. The lowest BCUT2D eigenvalue weighted by Gasteiger charge is -2.24. The fraction of sp³-hybridized carbons (Fsp3) is 0.462. The van der Waals surface area contributed by atoms with Crippen LogP contribution >= 0.6 is 0 Å². The van der Waals surface area contributed by atoms with Crippen molar-refractivity contribution in [3.8, 4) is 0 Å².